The van der Waals surface area contributed by atoms with Gasteiger partial charge < -0.3 is 14.9 Å². The van der Waals surface area contributed by atoms with Crippen LogP contribution in [0.1, 0.15) is 26.7 Å². The normalized spacial score (nSPS) is 19.4. The van der Waals surface area contributed by atoms with Gasteiger partial charge in [0.2, 0.25) is 5.91 Å². The maximum absolute atomic E-state index is 12.0. The van der Waals surface area contributed by atoms with Gasteiger partial charge in [-0.1, -0.05) is 13.8 Å². The highest BCUT2D eigenvalue weighted by atomic mass is 32.2. The van der Waals surface area contributed by atoms with Crippen molar-refractivity contribution >= 4 is 23.6 Å². The number of amides is 1. The number of nitrogens with zero attached hydrogens (tertiary/aromatic N) is 2. The summed E-state index contributed by atoms with van der Waals surface area (Å²) in [6.07, 6.45) is 1.49. The van der Waals surface area contributed by atoms with Crippen LogP contribution in [0.15, 0.2) is 0 Å². The zero-order valence-electron chi connectivity index (χ0n) is 12.5. The summed E-state index contributed by atoms with van der Waals surface area (Å²) in [7, 11) is 0. The number of hydrogen-bond acceptors (Lipinski definition) is 4. The summed E-state index contributed by atoms with van der Waals surface area (Å²) in [5, 5.41) is 9.02. The van der Waals surface area contributed by atoms with Crippen LogP contribution < -0.4 is 0 Å². The molecular weight excluding hydrogens is 276 g/mol. The fourth-order valence-corrected chi connectivity index (χ4v) is 3.28. The number of carbonyl (C=O) groups excluding carboxylic acids is 1. The van der Waals surface area contributed by atoms with Gasteiger partial charge in [0.25, 0.3) is 0 Å². The fraction of sp³-hybridized carbons (Fsp3) is 0.857. The number of carbonyl (C=O) groups is 2. The fourth-order valence-electron chi connectivity index (χ4n) is 2.39. The molecule has 6 heteroatoms. The smallest absolute Gasteiger partial charge is 0.308 e. The molecule has 1 rings (SSSR count). The van der Waals surface area contributed by atoms with Crippen molar-refractivity contribution in [3.8, 4) is 0 Å². The number of piperidine rings is 1. The lowest BCUT2D eigenvalue weighted by atomic mass is 9.98. The van der Waals surface area contributed by atoms with Crippen LogP contribution in [0.3, 0.4) is 0 Å². The average molecular weight is 302 g/mol. The Labute approximate surface area is 125 Å². The van der Waals surface area contributed by atoms with Gasteiger partial charge in [-0.05, 0) is 25.9 Å². The summed E-state index contributed by atoms with van der Waals surface area (Å²) in [4.78, 5) is 27.1. The molecule has 1 fully saturated rings. The van der Waals surface area contributed by atoms with Crippen molar-refractivity contribution in [1.82, 2.24) is 9.80 Å². The molecule has 1 amide bonds. The first-order valence-corrected chi connectivity index (χ1v) is 8.54. The molecular formula is C14H26N2O3S. The van der Waals surface area contributed by atoms with Crippen molar-refractivity contribution in [1.29, 1.82) is 0 Å². The minimum atomic E-state index is -0.781. The molecule has 116 valence electrons. The van der Waals surface area contributed by atoms with Gasteiger partial charge in [-0.2, -0.15) is 11.8 Å². The first-order valence-electron chi connectivity index (χ1n) is 7.39. The molecule has 1 N–H and O–H groups in total. The monoisotopic (exact) mass is 302 g/mol. The maximum atomic E-state index is 12.0. The second-order valence-corrected chi connectivity index (χ2v) is 6.20. The molecule has 1 heterocycles. The van der Waals surface area contributed by atoms with Crippen LogP contribution >= 0.6 is 11.8 Å². The third-order valence-corrected chi connectivity index (χ3v) is 4.72. The number of carboxylic acid groups (broad SMARTS) is 1. The number of hydrogen-bond donors (Lipinski definition) is 1. The van der Waals surface area contributed by atoms with Crippen LogP contribution in [0.25, 0.3) is 0 Å². The molecule has 0 spiro atoms. The molecule has 0 aromatic heterocycles. The Morgan fingerprint density at radius 1 is 1.35 bits per heavy atom. The van der Waals surface area contributed by atoms with E-state index in [1.807, 2.05) is 0 Å². The lowest BCUT2D eigenvalue weighted by Gasteiger charge is -2.30. The Hall–Kier alpha value is -0.750. The summed E-state index contributed by atoms with van der Waals surface area (Å²) in [5.41, 5.74) is 0. The Balaban J connectivity index is 2.23. The lowest BCUT2D eigenvalue weighted by Crippen LogP contribution is -2.43. The number of aliphatic carboxylic acids is 1. The Morgan fingerprint density at radius 2 is 2.05 bits per heavy atom. The summed E-state index contributed by atoms with van der Waals surface area (Å²) >= 11 is 1.64. The number of carboxylic acids is 1. The molecule has 0 saturated carbocycles. The highest BCUT2D eigenvalue weighted by Gasteiger charge is 2.27. The second kappa shape index (κ2) is 9.23. The predicted octanol–water partition coefficient (Wildman–Crippen LogP) is 1.38. The van der Waals surface area contributed by atoms with E-state index in [9.17, 15) is 9.59 Å². The highest BCUT2D eigenvalue weighted by molar-refractivity contribution is 7.99. The van der Waals surface area contributed by atoms with E-state index < -0.39 is 5.97 Å². The van der Waals surface area contributed by atoms with Gasteiger partial charge in [0.05, 0.1) is 11.7 Å². The van der Waals surface area contributed by atoms with Crippen LogP contribution in [0.5, 0.6) is 0 Å². The second-order valence-electron chi connectivity index (χ2n) is 5.10. The van der Waals surface area contributed by atoms with Crippen molar-refractivity contribution in [3.63, 3.8) is 0 Å². The standard InChI is InChI=1S/C14H26N2O3S/c1-3-15(4-2)8-9-20-11-13(17)16-7-5-6-12(10-16)14(18)19/h12H,3-11H2,1-2H3,(H,18,19). The largest absolute Gasteiger partial charge is 0.481 e. The minimum Gasteiger partial charge on any atom is -0.481 e. The van der Waals surface area contributed by atoms with Crippen molar-refractivity contribution in [3.05, 3.63) is 0 Å². The zero-order chi connectivity index (χ0) is 15.0. The van der Waals surface area contributed by atoms with Gasteiger partial charge in [-0.15, -0.1) is 0 Å². The van der Waals surface area contributed by atoms with E-state index in [-0.39, 0.29) is 11.8 Å². The summed E-state index contributed by atoms with van der Waals surface area (Å²) < 4.78 is 0. The van der Waals surface area contributed by atoms with Crippen molar-refractivity contribution < 1.29 is 14.7 Å². The molecule has 0 aliphatic carbocycles. The van der Waals surface area contributed by atoms with E-state index in [4.69, 9.17) is 5.11 Å². The van der Waals surface area contributed by atoms with Crippen LogP contribution in [0, 0.1) is 5.92 Å². The Morgan fingerprint density at radius 3 is 2.65 bits per heavy atom. The van der Waals surface area contributed by atoms with E-state index in [2.05, 4.69) is 18.7 Å². The SMILES string of the molecule is CCN(CC)CCSCC(=O)N1CCCC(C(=O)O)C1. The van der Waals surface area contributed by atoms with Gasteiger partial charge in [0.1, 0.15) is 0 Å². The molecule has 1 unspecified atom stereocenters. The molecule has 0 aromatic carbocycles. The first kappa shape index (κ1) is 17.3. The third-order valence-electron chi connectivity index (χ3n) is 3.80. The molecule has 5 nitrogen and oxygen atoms in total. The van der Waals surface area contributed by atoms with Crippen molar-refractivity contribution in [2.75, 3.05) is 44.2 Å². The average Bonchev–Trinajstić information content (AvgIpc) is 2.47. The van der Waals surface area contributed by atoms with Crippen molar-refractivity contribution in [2.45, 2.75) is 26.7 Å². The van der Waals surface area contributed by atoms with E-state index in [0.29, 0.717) is 25.3 Å². The molecule has 0 radical (unpaired) electrons. The summed E-state index contributed by atoms with van der Waals surface area (Å²) in [5.74, 6) is 0.336. The van der Waals surface area contributed by atoms with Gasteiger partial charge in [-0.25, -0.2) is 0 Å². The van der Waals surface area contributed by atoms with Gasteiger partial charge in [0.15, 0.2) is 0 Å². The summed E-state index contributed by atoms with van der Waals surface area (Å²) in [6.45, 7) is 8.44. The van der Waals surface area contributed by atoms with Crippen molar-refractivity contribution in [2.24, 2.45) is 5.92 Å². The molecule has 0 bridgehead atoms. The summed E-state index contributed by atoms with van der Waals surface area (Å²) in [6, 6.07) is 0. The van der Waals surface area contributed by atoms with E-state index >= 15 is 0 Å². The molecule has 1 aliphatic heterocycles. The molecule has 0 aromatic rings. The van der Waals surface area contributed by atoms with Crippen LogP contribution in [-0.2, 0) is 9.59 Å². The quantitative estimate of drug-likeness (QED) is 0.687. The molecule has 1 atom stereocenters. The lowest BCUT2D eigenvalue weighted by molar-refractivity contribution is -0.145. The van der Waals surface area contributed by atoms with E-state index in [0.717, 1.165) is 31.8 Å². The Bertz CT molecular complexity index is 322. The topological polar surface area (TPSA) is 60.9 Å². The predicted molar refractivity (Wildman–Crippen MR) is 82.1 cm³/mol. The minimum absolute atomic E-state index is 0.0838. The highest BCUT2D eigenvalue weighted by Crippen LogP contribution is 2.17. The molecule has 20 heavy (non-hydrogen) atoms. The Kier molecular flexibility index (Phi) is 7.99. The van der Waals surface area contributed by atoms with Crippen LogP contribution in [-0.4, -0.2) is 71.0 Å². The molecule has 1 aliphatic rings. The van der Waals surface area contributed by atoms with Gasteiger partial charge >= 0.3 is 5.97 Å². The number of thioether (sulfide) groups is 1. The van der Waals surface area contributed by atoms with Gasteiger partial charge in [-0.3, -0.25) is 9.59 Å². The molecule has 1 saturated heterocycles. The maximum Gasteiger partial charge on any atom is 0.308 e. The third kappa shape index (κ3) is 5.71. The zero-order valence-corrected chi connectivity index (χ0v) is 13.3. The van der Waals surface area contributed by atoms with Gasteiger partial charge in [0, 0.05) is 25.4 Å². The van der Waals surface area contributed by atoms with Crippen LogP contribution in [0.4, 0.5) is 0 Å². The van der Waals surface area contributed by atoms with E-state index in [1.165, 1.54) is 0 Å². The first-order chi connectivity index (χ1) is 9.58. The number of rotatable bonds is 8. The van der Waals surface area contributed by atoms with Crippen LogP contribution in [0.2, 0.25) is 0 Å². The number of likely N-dealkylation sites (tertiary alicyclic amines) is 1. The van der Waals surface area contributed by atoms with E-state index in [1.54, 1.807) is 16.7 Å².